The molecule has 4 saturated carbocycles. The predicted molar refractivity (Wildman–Crippen MR) is 121 cm³/mol. The summed E-state index contributed by atoms with van der Waals surface area (Å²) in [5.41, 5.74) is 2.19. The lowest BCUT2D eigenvalue weighted by Crippen LogP contribution is -2.69. The number of aromatic nitrogens is 1. The quantitative estimate of drug-likeness (QED) is 0.737. The van der Waals surface area contributed by atoms with Gasteiger partial charge in [0.1, 0.15) is 5.82 Å². The third-order valence-corrected chi connectivity index (χ3v) is 8.22. The van der Waals surface area contributed by atoms with Crippen LogP contribution in [0.5, 0.6) is 0 Å². The van der Waals surface area contributed by atoms with Crippen molar-refractivity contribution in [3.8, 4) is 0 Å². The fourth-order valence-electron chi connectivity index (χ4n) is 7.34. The number of amides is 2. The molecule has 1 aromatic carbocycles. The fraction of sp³-hybridized carbons (Fsp3) is 0.500. The fourth-order valence-corrected chi connectivity index (χ4v) is 7.34. The molecule has 33 heavy (non-hydrogen) atoms. The van der Waals surface area contributed by atoms with Crippen molar-refractivity contribution in [2.45, 2.75) is 62.7 Å². The molecule has 4 bridgehead atoms. The van der Waals surface area contributed by atoms with Gasteiger partial charge in [-0.25, -0.2) is 4.39 Å². The van der Waals surface area contributed by atoms with Gasteiger partial charge in [0.05, 0.1) is 12.1 Å². The van der Waals surface area contributed by atoms with Crippen LogP contribution in [0.3, 0.4) is 0 Å². The number of benzene rings is 1. The maximum Gasteiger partial charge on any atom is 0.253 e. The van der Waals surface area contributed by atoms with E-state index in [0.29, 0.717) is 30.5 Å². The number of nitrogens with zero attached hydrogens (tertiary/aromatic N) is 2. The molecule has 5 aliphatic rings. The molecule has 0 spiro atoms. The highest BCUT2D eigenvalue weighted by Crippen LogP contribution is 2.57. The SMILES string of the molecule is O=C(NC12CC3CC(CC(NCC(=O)N4Cc5ccc(F)cc5C4)(C3)C1)C2)c1cccnc1. The summed E-state index contributed by atoms with van der Waals surface area (Å²) < 4.78 is 13.5. The Hall–Kier alpha value is -2.80. The Balaban J connectivity index is 1.14. The molecular formula is C26H29FN4O2. The zero-order valence-corrected chi connectivity index (χ0v) is 18.6. The Morgan fingerprint density at radius 1 is 1.06 bits per heavy atom. The van der Waals surface area contributed by atoms with Crippen LogP contribution in [-0.2, 0) is 17.9 Å². The second-order valence-electron chi connectivity index (χ2n) is 10.7. The number of carbonyl (C=O) groups excluding carboxylic acids is 2. The van der Waals surface area contributed by atoms with Gasteiger partial charge in [0, 0.05) is 36.6 Å². The van der Waals surface area contributed by atoms with E-state index in [2.05, 4.69) is 15.6 Å². The Labute approximate surface area is 193 Å². The molecule has 7 rings (SSSR count). The van der Waals surface area contributed by atoms with Crippen LogP contribution in [0.15, 0.2) is 42.7 Å². The molecule has 0 saturated heterocycles. The maximum absolute atomic E-state index is 13.5. The molecule has 2 N–H and O–H groups in total. The molecule has 0 radical (unpaired) electrons. The molecule has 2 atom stereocenters. The van der Waals surface area contributed by atoms with Crippen molar-refractivity contribution >= 4 is 11.8 Å². The minimum Gasteiger partial charge on any atom is -0.346 e. The van der Waals surface area contributed by atoms with Crippen LogP contribution < -0.4 is 10.6 Å². The van der Waals surface area contributed by atoms with Crippen LogP contribution in [0.1, 0.15) is 60.0 Å². The third kappa shape index (κ3) is 3.82. The minimum atomic E-state index is -0.256. The molecule has 4 aliphatic carbocycles. The second kappa shape index (κ2) is 7.62. The van der Waals surface area contributed by atoms with Crippen molar-refractivity contribution in [1.82, 2.24) is 20.5 Å². The summed E-state index contributed by atoms with van der Waals surface area (Å²) in [6.07, 6.45) is 9.51. The zero-order chi connectivity index (χ0) is 22.6. The van der Waals surface area contributed by atoms with Gasteiger partial charge in [-0.3, -0.25) is 14.6 Å². The molecular weight excluding hydrogens is 419 g/mol. The van der Waals surface area contributed by atoms with E-state index in [4.69, 9.17) is 0 Å². The van der Waals surface area contributed by atoms with Gasteiger partial charge in [-0.1, -0.05) is 6.07 Å². The molecule has 172 valence electrons. The normalized spacial score (nSPS) is 31.5. The van der Waals surface area contributed by atoms with Crippen LogP contribution in [0.2, 0.25) is 0 Å². The van der Waals surface area contributed by atoms with E-state index in [0.717, 1.165) is 43.2 Å². The Kier molecular flexibility index (Phi) is 4.80. The van der Waals surface area contributed by atoms with Gasteiger partial charge in [0.15, 0.2) is 0 Å². The van der Waals surface area contributed by atoms with Gasteiger partial charge >= 0.3 is 0 Å². The molecule has 1 aliphatic heterocycles. The van der Waals surface area contributed by atoms with Gasteiger partial charge in [-0.2, -0.15) is 0 Å². The average Bonchev–Trinajstić information content (AvgIpc) is 3.20. The summed E-state index contributed by atoms with van der Waals surface area (Å²) in [6.45, 7) is 1.29. The van der Waals surface area contributed by atoms with Crippen LogP contribution in [0, 0.1) is 17.7 Å². The minimum absolute atomic E-state index is 0.0517. The van der Waals surface area contributed by atoms with E-state index in [1.807, 2.05) is 0 Å². The van der Waals surface area contributed by atoms with Crippen LogP contribution in [0.4, 0.5) is 4.39 Å². The summed E-state index contributed by atoms with van der Waals surface area (Å²) >= 11 is 0. The molecule has 2 heterocycles. The first-order valence-electron chi connectivity index (χ1n) is 11.9. The number of nitrogens with one attached hydrogen (secondary N) is 2. The van der Waals surface area contributed by atoms with Crippen molar-refractivity contribution in [1.29, 1.82) is 0 Å². The summed E-state index contributed by atoms with van der Waals surface area (Å²) in [7, 11) is 0. The molecule has 2 amide bonds. The maximum atomic E-state index is 13.5. The number of carbonyl (C=O) groups is 2. The zero-order valence-electron chi connectivity index (χ0n) is 18.6. The first-order chi connectivity index (χ1) is 15.9. The van der Waals surface area contributed by atoms with Gasteiger partial charge in [-0.15, -0.1) is 0 Å². The number of hydrogen-bond donors (Lipinski definition) is 2. The van der Waals surface area contributed by atoms with Crippen LogP contribution in [-0.4, -0.2) is 39.3 Å². The lowest BCUT2D eigenvalue weighted by atomic mass is 9.50. The summed E-state index contributed by atoms with van der Waals surface area (Å²) in [4.78, 5) is 31.9. The number of hydrogen-bond acceptors (Lipinski definition) is 4. The number of pyridine rings is 1. The predicted octanol–water partition coefficient (Wildman–Crippen LogP) is 3.17. The van der Waals surface area contributed by atoms with E-state index in [1.54, 1.807) is 35.5 Å². The lowest BCUT2D eigenvalue weighted by molar-refractivity contribution is -0.132. The molecule has 2 unspecified atom stereocenters. The van der Waals surface area contributed by atoms with E-state index < -0.39 is 0 Å². The highest BCUT2D eigenvalue weighted by atomic mass is 19.1. The van der Waals surface area contributed by atoms with Crippen molar-refractivity contribution < 1.29 is 14.0 Å². The first-order valence-corrected chi connectivity index (χ1v) is 11.9. The monoisotopic (exact) mass is 448 g/mol. The van der Waals surface area contributed by atoms with Crippen LogP contribution >= 0.6 is 0 Å². The first kappa shape index (κ1) is 20.8. The van der Waals surface area contributed by atoms with E-state index in [-0.39, 0.29) is 35.3 Å². The van der Waals surface area contributed by atoms with Gasteiger partial charge < -0.3 is 15.5 Å². The topological polar surface area (TPSA) is 74.3 Å². The third-order valence-electron chi connectivity index (χ3n) is 8.22. The number of rotatable bonds is 5. The standard InChI is InChI=1S/C26H29FN4O2/c27-22-4-3-20-14-31(15-21(20)7-22)23(32)13-29-25-8-17-6-18(9-25)11-26(10-17,16-25)30-24(33)19-2-1-5-28-12-19/h1-5,7,12,17-18,29H,6,8-11,13-16H2,(H,30,33). The van der Waals surface area contributed by atoms with Crippen molar-refractivity contribution in [2.75, 3.05) is 6.54 Å². The highest BCUT2D eigenvalue weighted by molar-refractivity contribution is 5.94. The van der Waals surface area contributed by atoms with Gasteiger partial charge in [0.25, 0.3) is 5.91 Å². The number of halogens is 1. The van der Waals surface area contributed by atoms with E-state index in [1.165, 1.54) is 18.6 Å². The number of fused-ring (bicyclic) bond motifs is 1. The summed E-state index contributed by atoms with van der Waals surface area (Å²) in [5, 5.41) is 7.03. The molecule has 2 aromatic rings. The summed E-state index contributed by atoms with van der Waals surface area (Å²) in [5.74, 6) is 0.881. The Bertz CT molecular complexity index is 1090. The van der Waals surface area contributed by atoms with Crippen molar-refractivity contribution in [3.05, 3.63) is 65.2 Å². The molecule has 7 heteroatoms. The van der Waals surface area contributed by atoms with Gasteiger partial charge in [-0.05, 0) is 85.8 Å². The average molecular weight is 449 g/mol. The smallest absolute Gasteiger partial charge is 0.253 e. The van der Waals surface area contributed by atoms with Gasteiger partial charge in [0.2, 0.25) is 5.91 Å². The molecule has 6 nitrogen and oxygen atoms in total. The largest absolute Gasteiger partial charge is 0.346 e. The highest BCUT2D eigenvalue weighted by Gasteiger charge is 2.58. The summed E-state index contributed by atoms with van der Waals surface area (Å²) in [6, 6.07) is 8.35. The van der Waals surface area contributed by atoms with Crippen molar-refractivity contribution in [3.63, 3.8) is 0 Å². The Morgan fingerprint density at radius 3 is 2.58 bits per heavy atom. The second-order valence-corrected chi connectivity index (χ2v) is 10.7. The lowest BCUT2D eigenvalue weighted by Gasteiger charge is -2.62. The van der Waals surface area contributed by atoms with Crippen molar-refractivity contribution in [2.24, 2.45) is 11.8 Å². The Morgan fingerprint density at radius 2 is 1.82 bits per heavy atom. The van der Waals surface area contributed by atoms with E-state index >= 15 is 0 Å². The molecule has 4 fully saturated rings. The van der Waals surface area contributed by atoms with E-state index in [9.17, 15) is 14.0 Å². The van der Waals surface area contributed by atoms with Crippen LogP contribution in [0.25, 0.3) is 0 Å². The molecule has 1 aromatic heterocycles.